The molecule has 0 amide bonds. The second-order valence-corrected chi connectivity index (χ2v) is 12.8. The van der Waals surface area contributed by atoms with Crippen LogP contribution in [0.4, 0.5) is 0 Å². The van der Waals surface area contributed by atoms with E-state index >= 15 is 0 Å². The van der Waals surface area contributed by atoms with Gasteiger partial charge in [-0.2, -0.15) is 0 Å². The van der Waals surface area contributed by atoms with Crippen LogP contribution in [0.3, 0.4) is 0 Å². The summed E-state index contributed by atoms with van der Waals surface area (Å²) in [4.78, 5) is 4.84. The Morgan fingerprint density at radius 3 is 2.17 bits per heavy atom. The Balaban J connectivity index is 1.38. The summed E-state index contributed by atoms with van der Waals surface area (Å²) < 4.78 is 37.0. The minimum Gasteiger partial charge on any atom is -0.504 e. The number of phenolic OH excluding ortho intramolecular Hbond substituents is 1. The van der Waals surface area contributed by atoms with Crippen molar-refractivity contribution in [3.63, 3.8) is 0 Å². The fraction of sp³-hybridized carbons (Fsp3) is 0.368. The van der Waals surface area contributed by atoms with Gasteiger partial charge in [0.2, 0.25) is 11.5 Å². The molecule has 5 aliphatic heterocycles. The standard InChI is InChI=1S/C38H40N2O7/c1-39-12-10-22-16-30(42-2)33-19-27(22)28(39)14-21-6-8-25(9-7-21)46-32-17-23-15-29-34-26(11-13-40(29)20-24(23)18-31(32)43-3)35(41)37(44-4)38(45-5)36(34)47-33/h6-9,16-19,28-29,41H,10-15,20H2,1-5H3/t28-,29-/m0/s1. The predicted octanol–water partition coefficient (Wildman–Crippen LogP) is 6.75. The Hall–Kier alpha value is -4.60. The lowest BCUT2D eigenvalue weighted by Gasteiger charge is -2.42. The molecule has 0 spiro atoms. The number of benzene rings is 4. The summed E-state index contributed by atoms with van der Waals surface area (Å²) in [6.45, 7) is 2.42. The van der Waals surface area contributed by atoms with Gasteiger partial charge in [0.1, 0.15) is 5.75 Å². The van der Waals surface area contributed by atoms with Crippen molar-refractivity contribution >= 4 is 0 Å². The van der Waals surface area contributed by atoms with E-state index in [4.69, 9.17) is 28.4 Å². The third kappa shape index (κ3) is 4.83. The topological polar surface area (TPSA) is 82.1 Å². The van der Waals surface area contributed by atoms with Crippen LogP contribution in [0.15, 0.2) is 48.5 Å². The first-order chi connectivity index (χ1) is 22.9. The van der Waals surface area contributed by atoms with E-state index in [1.807, 2.05) is 12.1 Å². The van der Waals surface area contributed by atoms with Crippen LogP contribution in [0.1, 0.15) is 51.0 Å². The smallest absolute Gasteiger partial charge is 0.208 e. The Bertz CT molecular complexity index is 1870. The third-order valence-electron chi connectivity index (χ3n) is 10.4. The maximum atomic E-state index is 11.6. The lowest BCUT2D eigenvalue weighted by atomic mass is 9.82. The molecule has 0 fully saturated rings. The molecule has 0 unspecified atom stereocenters. The fourth-order valence-corrected chi connectivity index (χ4v) is 7.97. The lowest BCUT2D eigenvalue weighted by Crippen LogP contribution is -2.39. The van der Waals surface area contributed by atoms with Crippen molar-refractivity contribution in [1.82, 2.24) is 9.80 Å². The molecule has 7 bridgehead atoms. The number of phenols is 1. The van der Waals surface area contributed by atoms with Crippen molar-refractivity contribution in [2.24, 2.45) is 0 Å². The molecule has 1 N–H and O–H groups in total. The highest BCUT2D eigenvalue weighted by molar-refractivity contribution is 5.70. The summed E-state index contributed by atoms with van der Waals surface area (Å²) in [7, 11) is 8.67. The number of fused-ring (bicyclic) bond motifs is 2. The average molecular weight is 637 g/mol. The quantitative estimate of drug-likeness (QED) is 0.262. The summed E-state index contributed by atoms with van der Waals surface area (Å²) in [6.07, 6.45) is 3.05. The van der Waals surface area contributed by atoms with Gasteiger partial charge in [-0.15, -0.1) is 0 Å². The van der Waals surface area contributed by atoms with Gasteiger partial charge < -0.3 is 33.5 Å². The first-order valence-electron chi connectivity index (χ1n) is 16.2. The Morgan fingerprint density at radius 2 is 1.45 bits per heavy atom. The molecular formula is C38H40N2O7. The average Bonchev–Trinajstić information content (AvgIpc) is 3.09. The molecular weight excluding hydrogens is 596 g/mol. The van der Waals surface area contributed by atoms with Gasteiger partial charge in [0, 0.05) is 42.8 Å². The van der Waals surface area contributed by atoms with Crippen molar-refractivity contribution in [3.8, 4) is 51.7 Å². The molecule has 5 aliphatic rings. The zero-order valence-electron chi connectivity index (χ0n) is 27.5. The molecule has 9 nitrogen and oxygen atoms in total. The zero-order valence-corrected chi connectivity index (χ0v) is 27.5. The SMILES string of the molecule is COc1cc2c3cc1Oc1ccc(cc1)C[C@H]1c4cc(c(OC)cc4CCN1C)Oc1c(OC)c(OC)c(O)c4c1[C@H](C3)N(CC4)C2. The maximum absolute atomic E-state index is 11.6. The lowest BCUT2D eigenvalue weighted by molar-refractivity contribution is 0.154. The normalized spacial score (nSPS) is 19.7. The van der Waals surface area contributed by atoms with Crippen LogP contribution in [-0.2, 0) is 32.2 Å². The zero-order chi connectivity index (χ0) is 32.4. The van der Waals surface area contributed by atoms with Crippen LogP contribution in [-0.4, -0.2) is 63.5 Å². The van der Waals surface area contributed by atoms with Crippen molar-refractivity contribution in [2.45, 2.75) is 44.3 Å². The van der Waals surface area contributed by atoms with E-state index < -0.39 is 0 Å². The van der Waals surface area contributed by atoms with Crippen LogP contribution >= 0.6 is 0 Å². The first-order valence-corrected chi connectivity index (χ1v) is 16.2. The minimum atomic E-state index is -0.0890. The number of nitrogens with zero attached hydrogens (tertiary/aromatic N) is 2. The maximum Gasteiger partial charge on any atom is 0.208 e. The molecule has 9 rings (SSSR count). The molecule has 244 valence electrons. The Morgan fingerprint density at radius 1 is 0.723 bits per heavy atom. The molecule has 0 aliphatic carbocycles. The number of ether oxygens (including phenoxy) is 6. The summed E-state index contributed by atoms with van der Waals surface area (Å²) in [5.41, 5.74) is 7.73. The Labute approximate surface area is 275 Å². The summed E-state index contributed by atoms with van der Waals surface area (Å²) >= 11 is 0. The molecule has 2 atom stereocenters. The van der Waals surface area contributed by atoms with Gasteiger partial charge in [0.05, 0.1) is 28.4 Å². The highest BCUT2D eigenvalue weighted by Gasteiger charge is 2.40. The van der Waals surface area contributed by atoms with E-state index in [-0.39, 0.29) is 23.6 Å². The van der Waals surface area contributed by atoms with E-state index in [1.165, 1.54) is 22.3 Å². The molecule has 5 heterocycles. The molecule has 4 aromatic carbocycles. The van der Waals surface area contributed by atoms with E-state index in [1.54, 1.807) is 28.4 Å². The van der Waals surface area contributed by atoms with Crippen LogP contribution < -0.4 is 28.4 Å². The van der Waals surface area contributed by atoms with Gasteiger partial charge in [-0.3, -0.25) is 9.80 Å². The van der Waals surface area contributed by atoms with Gasteiger partial charge in [0.25, 0.3) is 0 Å². The summed E-state index contributed by atoms with van der Waals surface area (Å²) in [6, 6.07) is 16.9. The van der Waals surface area contributed by atoms with E-state index in [0.29, 0.717) is 47.3 Å². The van der Waals surface area contributed by atoms with Crippen molar-refractivity contribution in [3.05, 3.63) is 87.5 Å². The number of hydrogen-bond acceptors (Lipinski definition) is 9. The third-order valence-corrected chi connectivity index (χ3v) is 10.4. The highest BCUT2D eigenvalue weighted by atomic mass is 16.5. The summed E-state index contributed by atoms with van der Waals surface area (Å²) in [5, 5.41) is 11.6. The molecule has 9 heteroatoms. The highest BCUT2D eigenvalue weighted by Crippen LogP contribution is 2.57. The van der Waals surface area contributed by atoms with Gasteiger partial charge >= 0.3 is 0 Å². The number of likely N-dealkylation sites (N-methyl/N-ethyl adjacent to an activating group) is 1. The van der Waals surface area contributed by atoms with E-state index in [0.717, 1.165) is 54.9 Å². The molecule has 0 radical (unpaired) electrons. The van der Waals surface area contributed by atoms with Crippen molar-refractivity contribution in [2.75, 3.05) is 48.6 Å². The number of aromatic hydroxyl groups is 1. The number of hydrogen-bond donors (Lipinski definition) is 1. The van der Waals surface area contributed by atoms with Crippen molar-refractivity contribution < 1.29 is 33.5 Å². The minimum absolute atomic E-state index is 0.0890. The van der Waals surface area contributed by atoms with Crippen LogP contribution in [0.5, 0.6) is 51.7 Å². The summed E-state index contributed by atoms with van der Waals surface area (Å²) in [5.74, 6) is 4.66. The van der Waals surface area contributed by atoms with Gasteiger partial charge in [-0.25, -0.2) is 0 Å². The first kappa shape index (κ1) is 29.8. The monoisotopic (exact) mass is 636 g/mol. The molecule has 0 saturated heterocycles. The van der Waals surface area contributed by atoms with Gasteiger partial charge in [-0.05, 0) is 96.9 Å². The van der Waals surface area contributed by atoms with Crippen molar-refractivity contribution in [1.29, 1.82) is 0 Å². The molecule has 4 aromatic rings. The Kier molecular flexibility index (Phi) is 7.33. The predicted molar refractivity (Wildman–Crippen MR) is 177 cm³/mol. The molecule has 0 aromatic heterocycles. The fourth-order valence-electron chi connectivity index (χ4n) is 7.97. The van der Waals surface area contributed by atoms with Gasteiger partial charge in [-0.1, -0.05) is 12.1 Å². The number of methoxy groups -OCH3 is 4. The van der Waals surface area contributed by atoms with Crippen LogP contribution in [0.2, 0.25) is 0 Å². The molecule has 47 heavy (non-hydrogen) atoms. The van der Waals surface area contributed by atoms with E-state index in [9.17, 15) is 5.11 Å². The van der Waals surface area contributed by atoms with Crippen LogP contribution in [0, 0.1) is 0 Å². The largest absolute Gasteiger partial charge is 0.504 e. The molecule has 0 saturated carbocycles. The van der Waals surface area contributed by atoms with E-state index in [2.05, 4.69) is 53.2 Å². The van der Waals surface area contributed by atoms with Crippen LogP contribution in [0.25, 0.3) is 0 Å². The van der Waals surface area contributed by atoms with Gasteiger partial charge in [0.15, 0.2) is 34.5 Å². The number of rotatable bonds is 4. The second-order valence-electron chi connectivity index (χ2n) is 12.8. The second kappa shape index (κ2) is 11.6.